The van der Waals surface area contributed by atoms with Gasteiger partial charge in [0.15, 0.2) is 0 Å². The third-order valence-electron chi connectivity index (χ3n) is 5.75. The van der Waals surface area contributed by atoms with Gasteiger partial charge in [0.1, 0.15) is 0 Å². The first-order valence-corrected chi connectivity index (χ1v) is 9.97. The molecule has 0 radical (unpaired) electrons. The van der Waals surface area contributed by atoms with Gasteiger partial charge in [0.05, 0.1) is 12.2 Å². The molecule has 0 bridgehead atoms. The number of allylic oxidation sites excluding steroid dienone is 2. The Morgan fingerprint density at radius 1 is 1.32 bits per heavy atom. The van der Waals surface area contributed by atoms with Crippen molar-refractivity contribution in [1.82, 2.24) is 0 Å². The number of aliphatic hydroxyl groups is 2. The molecule has 2 aliphatic carbocycles. The van der Waals surface area contributed by atoms with Crippen molar-refractivity contribution in [3.8, 4) is 0 Å². The second kappa shape index (κ2) is 10.1. The predicted octanol–water partition coefficient (Wildman–Crippen LogP) is 4.07. The highest BCUT2D eigenvalue weighted by Crippen LogP contribution is 2.48. The maximum Gasteiger partial charge on any atom is 0.303 e. The standard InChI is InChI=1S/C21H34O4/c1-2-3-4-8-17(22)10-11-18-19-13-15(7-5-6-9-21(24)25)12-16(19)14-20(18)23/h10-12,16-20,22-23H,2-9,13-14H2,1H3,(H,24,25)/b11-10-/t16-,17-,18-,19-,20+/m0/s1. The SMILES string of the molecule is CCCCC[C@H](O)/C=C\[C@H]1[C@H]2CC(CCCCC(=O)O)=C[C@H]2C[C@H]1O. The number of aliphatic hydroxyl groups excluding tert-OH is 2. The van der Waals surface area contributed by atoms with Crippen LogP contribution in [-0.4, -0.2) is 33.5 Å². The molecule has 4 nitrogen and oxygen atoms in total. The number of rotatable bonds is 11. The molecule has 2 rings (SSSR count). The summed E-state index contributed by atoms with van der Waals surface area (Å²) in [6, 6.07) is 0. The molecule has 0 amide bonds. The summed E-state index contributed by atoms with van der Waals surface area (Å²) in [5, 5.41) is 29.1. The van der Waals surface area contributed by atoms with Crippen LogP contribution in [0.4, 0.5) is 0 Å². The molecule has 0 aromatic rings. The summed E-state index contributed by atoms with van der Waals surface area (Å²) < 4.78 is 0. The van der Waals surface area contributed by atoms with Crippen molar-refractivity contribution in [2.24, 2.45) is 17.8 Å². The monoisotopic (exact) mass is 350 g/mol. The number of fused-ring (bicyclic) bond motifs is 1. The third-order valence-corrected chi connectivity index (χ3v) is 5.75. The topological polar surface area (TPSA) is 77.8 Å². The van der Waals surface area contributed by atoms with Crippen molar-refractivity contribution >= 4 is 5.97 Å². The highest BCUT2D eigenvalue weighted by molar-refractivity contribution is 5.66. The Kier molecular flexibility index (Phi) is 8.17. The number of carboxylic acids is 1. The lowest BCUT2D eigenvalue weighted by Gasteiger charge is -2.19. The largest absolute Gasteiger partial charge is 0.481 e. The number of unbranched alkanes of at least 4 members (excludes halogenated alkanes) is 3. The van der Waals surface area contributed by atoms with Crippen LogP contribution in [0.15, 0.2) is 23.8 Å². The average Bonchev–Trinajstić information content (AvgIpc) is 3.06. The molecule has 0 aromatic heterocycles. The van der Waals surface area contributed by atoms with Gasteiger partial charge in [-0.3, -0.25) is 4.79 Å². The Bertz CT molecular complexity index is 482. The molecular formula is C21H34O4. The Balaban J connectivity index is 1.78. The normalized spacial score (nSPS) is 29.8. The number of hydrogen-bond donors (Lipinski definition) is 3. The second-order valence-corrected chi connectivity index (χ2v) is 7.79. The van der Waals surface area contributed by atoms with Gasteiger partial charge in [-0.15, -0.1) is 0 Å². The molecular weight excluding hydrogens is 316 g/mol. The van der Waals surface area contributed by atoms with Gasteiger partial charge >= 0.3 is 5.97 Å². The quantitative estimate of drug-likeness (QED) is 0.388. The van der Waals surface area contributed by atoms with Gasteiger partial charge in [0.2, 0.25) is 0 Å². The van der Waals surface area contributed by atoms with Gasteiger partial charge < -0.3 is 15.3 Å². The van der Waals surface area contributed by atoms with E-state index in [2.05, 4.69) is 13.0 Å². The van der Waals surface area contributed by atoms with E-state index in [1.54, 1.807) is 0 Å². The van der Waals surface area contributed by atoms with E-state index < -0.39 is 12.1 Å². The molecule has 25 heavy (non-hydrogen) atoms. The van der Waals surface area contributed by atoms with E-state index in [-0.39, 0.29) is 18.4 Å². The van der Waals surface area contributed by atoms with Crippen molar-refractivity contribution in [3.63, 3.8) is 0 Å². The molecule has 142 valence electrons. The first-order chi connectivity index (χ1) is 12.0. The van der Waals surface area contributed by atoms with Crippen molar-refractivity contribution in [3.05, 3.63) is 23.8 Å². The summed E-state index contributed by atoms with van der Waals surface area (Å²) in [5.74, 6) is 0.307. The zero-order chi connectivity index (χ0) is 18.2. The Morgan fingerprint density at radius 2 is 2.12 bits per heavy atom. The van der Waals surface area contributed by atoms with Crippen LogP contribution >= 0.6 is 0 Å². The summed E-state index contributed by atoms with van der Waals surface area (Å²) in [6.07, 6.45) is 14.4. The lowest BCUT2D eigenvalue weighted by molar-refractivity contribution is -0.137. The van der Waals surface area contributed by atoms with Crippen LogP contribution in [0.3, 0.4) is 0 Å². The molecule has 0 heterocycles. The van der Waals surface area contributed by atoms with Gasteiger partial charge in [-0.25, -0.2) is 0 Å². The zero-order valence-corrected chi connectivity index (χ0v) is 15.4. The van der Waals surface area contributed by atoms with Crippen molar-refractivity contribution < 1.29 is 20.1 Å². The van der Waals surface area contributed by atoms with Crippen LogP contribution in [0.1, 0.15) is 71.1 Å². The lowest BCUT2D eigenvalue weighted by atomic mass is 9.88. The van der Waals surface area contributed by atoms with E-state index in [1.807, 2.05) is 12.2 Å². The van der Waals surface area contributed by atoms with Gasteiger partial charge in [0.25, 0.3) is 0 Å². The summed E-state index contributed by atoms with van der Waals surface area (Å²) in [7, 11) is 0. The molecule has 0 saturated heterocycles. The van der Waals surface area contributed by atoms with Crippen molar-refractivity contribution in [2.45, 2.75) is 83.3 Å². The molecule has 0 aromatic carbocycles. The van der Waals surface area contributed by atoms with E-state index in [1.165, 1.54) is 5.57 Å². The van der Waals surface area contributed by atoms with Crippen LogP contribution in [-0.2, 0) is 4.79 Å². The molecule has 5 atom stereocenters. The highest BCUT2D eigenvalue weighted by Gasteiger charge is 2.43. The van der Waals surface area contributed by atoms with Gasteiger partial charge in [-0.2, -0.15) is 0 Å². The predicted molar refractivity (Wildman–Crippen MR) is 99.2 cm³/mol. The fraction of sp³-hybridized carbons (Fsp3) is 0.762. The minimum Gasteiger partial charge on any atom is -0.481 e. The fourth-order valence-corrected chi connectivity index (χ4v) is 4.38. The van der Waals surface area contributed by atoms with E-state index in [4.69, 9.17) is 5.11 Å². The summed E-state index contributed by atoms with van der Waals surface area (Å²) in [5.41, 5.74) is 1.43. The summed E-state index contributed by atoms with van der Waals surface area (Å²) in [6.45, 7) is 2.16. The maximum atomic E-state index is 10.6. The minimum atomic E-state index is -0.719. The Hall–Kier alpha value is -1.13. The Labute approximate surface area is 151 Å². The van der Waals surface area contributed by atoms with Crippen LogP contribution < -0.4 is 0 Å². The van der Waals surface area contributed by atoms with E-state index in [0.29, 0.717) is 11.8 Å². The molecule has 0 unspecified atom stereocenters. The Morgan fingerprint density at radius 3 is 2.84 bits per heavy atom. The van der Waals surface area contributed by atoms with Crippen LogP contribution in [0.25, 0.3) is 0 Å². The van der Waals surface area contributed by atoms with Crippen LogP contribution in [0.5, 0.6) is 0 Å². The van der Waals surface area contributed by atoms with Crippen molar-refractivity contribution in [2.75, 3.05) is 0 Å². The average molecular weight is 350 g/mol. The number of carbonyl (C=O) groups is 1. The van der Waals surface area contributed by atoms with E-state index >= 15 is 0 Å². The maximum absolute atomic E-state index is 10.6. The lowest BCUT2D eigenvalue weighted by Crippen LogP contribution is -2.18. The van der Waals surface area contributed by atoms with Crippen LogP contribution in [0, 0.1) is 17.8 Å². The summed E-state index contributed by atoms with van der Waals surface area (Å²) in [4.78, 5) is 10.6. The summed E-state index contributed by atoms with van der Waals surface area (Å²) >= 11 is 0. The van der Waals surface area contributed by atoms with E-state index in [0.717, 1.165) is 57.8 Å². The first-order valence-electron chi connectivity index (χ1n) is 9.97. The fourth-order valence-electron chi connectivity index (χ4n) is 4.38. The molecule has 2 aliphatic rings. The second-order valence-electron chi connectivity index (χ2n) is 7.79. The number of aliphatic carboxylic acids is 1. The minimum absolute atomic E-state index is 0.138. The van der Waals surface area contributed by atoms with Crippen molar-refractivity contribution in [1.29, 1.82) is 0 Å². The van der Waals surface area contributed by atoms with E-state index in [9.17, 15) is 15.0 Å². The van der Waals surface area contributed by atoms with Gasteiger partial charge in [-0.05, 0) is 50.4 Å². The van der Waals surface area contributed by atoms with Gasteiger partial charge in [-0.1, -0.05) is 50.0 Å². The van der Waals surface area contributed by atoms with Crippen LogP contribution in [0.2, 0.25) is 0 Å². The zero-order valence-electron chi connectivity index (χ0n) is 15.4. The van der Waals surface area contributed by atoms with Gasteiger partial charge in [0, 0.05) is 12.3 Å². The molecule has 0 aliphatic heterocycles. The number of hydrogen-bond acceptors (Lipinski definition) is 3. The highest BCUT2D eigenvalue weighted by atomic mass is 16.4. The molecule has 4 heteroatoms. The number of carboxylic acid groups (broad SMARTS) is 1. The molecule has 1 fully saturated rings. The molecule has 3 N–H and O–H groups in total. The smallest absolute Gasteiger partial charge is 0.303 e. The first kappa shape index (κ1) is 20.2. The molecule has 0 spiro atoms. The molecule has 1 saturated carbocycles. The third kappa shape index (κ3) is 6.27.